The molecule has 0 aromatic carbocycles. The fourth-order valence-electron chi connectivity index (χ4n) is 1.59. The van der Waals surface area contributed by atoms with Crippen LogP contribution in [-0.2, 0) is 9.47 Å². The maximum atomic E-state index is 9.73. The standard InChI is InChI=1S/C8H15N3O3/c1-3-6-8(12)5(10-11-9)4-7(13-2)14-6/h5-8,12H,3-4H2,1-2H3/t5-,6+,7-,8-/m0/s1. The van der Waals surface area contributed by atoms with Gasteiger partial charge in [-0.1, -0.05) is 12.0 Å². The molecular weight excluding hydrogens is 186 g/mol. The quantitative estimate of drug-likeness (QED) is 0.422. The van der Waals surface area contributed by atoms with Crippen LogP contribution < -0.4 is 0 Å². The second-order valence-electron chi connectivity index (χ2n) is 3.25. The van der Waals surface area contributed by atoms with Crippen molar-refractivity contribution in [2.45, 2.75) is 44.3 Å². The van der Waals surface area contributed by atoms with Gasteiger partial charge in [0, 0.05) is 18.4 Å². The van der Waals surface area contributed by atoms with Gasteiger partial charge in [-0.2, -0.15) is 0 Å². The van der Waals surface area contributed by atoms with Crippen molar-refractivity contribution < 1.29 is 14.6 Å². The molecule has 6 heteroatoms. The molecule has 0 amide bonds. The molecule has 1 saturated heterocycles. The third-order valence-electron chi connectivity index (χ3n) is 2.40. The molecule has 4 atom stereocenters. The first-order chi connectivity index (χ1) is 6.72. The molecule has 14 heavy (non-hydrogen) atoms. The van der Waals surface area contributed by atoms with Crippen molar-refractivity contribution in [1.29, 1.82) is 0 Å². The van der Waals surface area contributed by atoms with Crippen molar-refractivity contribution >= 4 is 0 Å². The smallest absolute Gasteiger partial charge is 0.158 e. The Morgan fingerprint density at radius 3 is 2.93 bits per heavy atom. The number of methoxy groups -OCH3 is 1. The lowest BCUT2D eigenvalue weighted by molar-refractivity contribution is -0.217. The van der Waals surface area contributed by atoms with Gasteiger partial charge in [-0.3, -0.25) is 0 Å². The Hall–Kier alpha value is -0.810. The van der Waals surface area contributed by atoms with E-state index in [2.05, 4.69) is 10.0 Å². The normalized spacial score (nSPS) is 37.6. The van der Waals surface area contributed by atoms with E-state index in [1.807, 2.05) is 6.92 Å². The number of rotatable bonds is 3. The van der Waals surface area contributed by atoms with E-state index in [4.69, 9.17) is 15.0 Å². The zero-order chi connectivity index (χ0) is 10.6. The maximum Gasteiger partial charge on any atom is 0.158 e. The number of aliphatic hydroxyl groups is 1. The summed E-state index contributed by atoms with van der Waals surface area (Å²) >= 11 is 0. The Labute approximate surface area is 82.4 Å². The first kappa shape index (κ1) is 11.3. The van der Waals surface area contributed by atoms with E-state index >= 15 is 0 Å². The molecule has 0 spiro atoms. The van der Waals surface area contributed by atoms with Crippen LogP contribution in [0.15, 0.2) is 5.11 Å². The van der Waals surface area contributed by atoms with Crippen molar-refractivity contribution in [3.05, 3.63) is 10.4 Å². The van der Waals surface area contributed by atoms with Crippen LogP contribution in [0, 0.1) is 0 Å². The first-order valence-corrected chi connectivity index (χ1v) is 4.63. The highest BCUT2D eigenvalue weighted by molar-refractivity contribution is 4.87. The molecule has 0 unspecified atom stereocenters. The molecule has 0 saturated carbocycles. The molecule has 0 bridgehead atoms. The SMILES string of the molecule is CC[C@H]1O[C@H](OC)C[C@H](N=[N+]=[N-])[C@@H]1O. The zero-order valence-corrected chi connectivity index (χ0v) is 8.33. The van der Waals surface area contributed by atoms with Gasteiger partial charge in [0.15, 0.2) is 6.29 Å². The van der Waals surface area contributed by atoms with Crippen LogP contribution in [0.5, 0.6) is 0 Å². The summed E-state index contributed by atoms with van der Waals surface area (Å²) in [7, 11) is 1.53. The summed E-state index contributed by atoms with van der Waals surface area (Å²) in [6, 6.07) is -0.455. The fraction of sp³-hybridized carbons (Fsp3) is 1.00. The van der Waals surface area contributed by atoms with E-state index in [9.17, 15) is 5.11 Å². The molecule has 0 aromatic heterocycles. The Morgan fingerprint density at radius 2 is 2.43 bits per heavy atom. The van der Waals surface area contributed by atoms with Crippen LogP contribution in [-0.4, -0.2) is 36.8 Å². The predicted octanol–water partition coefficient (Wildman–Crippen LogP) is 1.20. The van der Waals surface area contributed by atoms with E-state index in [0.29, 0.717) is 12.8 Å². The van der Waals surface area contributed by atoms with E-state index in [-0.39, 0.29) is 12.4 Å². The Morgan fingerprint density at radius 1 is 1.71 bits per heavy atom. The van der Waals surface area contributed by atoms with Crippen molar-refractivity contribution in [1.82, 2.24) is 0 Å². The number of nitrogens with zero attached hydrogens (tertiary/aromatic N) is 3. The van der Waals surface area contributed by atoms with Gasteiger partial charge < -0.3 is 14.6 Å². The minimum Gasteiger partial charge on any atom is -0.390 e. The Bertz CT molecular complexity index is 230. The lowest BCUT2D eigenvalue weighted by Gasteiger charge is -2.36. The van der Waals surface area contributed by atoms with Crippen LogP contribution in [0.1, 0.15) is 19.8 Å². The third-order valence-corrected chi connectivity index (χ3v) is 2.40. The van der Waals surface area contributed by atoms with E-state index in [0.717, 1.165) is 0 Å². The highest BCUT2D eigenvalue weighted by Crippen LogP contribution is 2.24. The number of azide groups is 1. The van der Waals surface area contributed by atoms with Crippen LogP contribution in [0.25, 0.3) is 10.4 Å². The number of aliphatic hydroxyl groups excluding tert-OH is 1. The molecule has 6 nitrogen and oxygen atoms in total. The van der Waals surface area contributed by atoms with Gasteiger partial charge in [-0.25, -0.2) is 0 Å². The molecule has 1 heterocycles. The highest BCUT2D eigenvalue weighted by atomic mass is 16.7. The largest absolute Gasteiger partial charge is 0.390 e. The van der Waals surface area contributed by atoms with E-state index in [1.54, 1.807) is 0 Å². The molecular formula is C8H15N3O3. The molecule has 0 radical (unpaired) electrons. The summed E-state index contributed by atoms with van der Waals surface area (Å²) in [5.41, 5.74) is 8.32. The number of hydrogen-bond acceptors (Lipinski definition) is 4. The molecule has 1 aliphatic heterocycles. The van der Waals surface area contributed by atoms with Crippen molar-refractivity contribution in [2.75, 3.05) is 7.11 Å². The van der Waals surface area contributed by atoms with Gasteiger partial charge in [-0.05, 0) is 12.0 Å². The summed E-state index contributed by atoms with van der Waals surface area (Å²) < 4.78 is 10.4. The second kappa shape index (κ2) is 5.17. The van der Waals surface area contributed by atoms with Gasteiger partial charge in [0.2, 0.25) is 0 Å². The minimum absolute atomic E-state index is 0.316. The molecule has 0 aromatic rings. The minimum atomic E-state index is -0.734. The molecule has 1 rings (SSSR count). The van der Waals surface area contributed by atoms with Crippen molar-refractivity contribution in [3.8, 4) is 0 Å². The topological polar surface area (TPSA) is 87.5 Å². The highest BCUT2D eigenvalue weighted by Gasteiger charge is 2.36. The summed E-state index contributed by atoms with van der Waals surface area (Å²) in [5, 5.41) is 13.3. The predicted molar refractivity (Wildman–Crippen MR) is 49.5 cm³/mol. The van der Waals surface area contributed by atoms with E-state index < -0.39 is 12.1 Å². The number of ether oxygens (including phenoxy) is 2. The van der Waals surface area contributed by atoms with Gasteiger partial charge in [0.1, 0.15) is 0 Å². The second-order valence-corrected chi connectivity index (χ2v) is 3.25. The number of hydrogen-bond donors (Lipinski definition) is 1. The van der Waals surface area contributed by atoms with Crippen molar-refractivity contribution in [2.24, 2.45) is 5.11 Å². The van der Waals surface area contributed by atoms with E-state index in [1.165, 1.54) is 7.11 Å². The van der Waals surface area contributed by atoms with Crippen LogP contribution in [0.4, 0.5) is 0 Å². The lowest BCUT2D eigenvalue weighted by Crippen LogP contribution is -2.47. The Balaban J connectivity index is 2.69. The lowest BCUT2D eigenvalue weighted by atomic mass is 9.98. The van der Waals surface area contributed by atoms with Gasteiger partial charge >= 0.3 is 0 Å². The summed E-state index contributed by atoms with van der Waals surface area (Å²) in [6.45, 7) is 1.90. The fourth-order valence-corrected chi connectivity index (χ4v) is 1.59. The molecule has 0 aliphatic carbocycles. The molecule has 1 aliphatic rings. The monoisotopic (exact) mass is 201 g/mol. The Kier molecular flexibility index (Phi) is 4.16. The molecule has 1 N–H and O–H groups in total. The first-order valence-electron chi connectivity index (χ1n) is 4.63. The van der Waals surface area contributed by atoms with Gasteiger partial charge in [-0.15, -0.1) is 0 Å². The summed E-state index contributed by atoms with van der Waals surface area (Å²) in [4.78, 5) is 2.70. The zero-order valence-electron chi connectivity index (χ0n) is 8.33. The van der Waals surface area contributed by atoms with Gasteiger partial charge in [0.05, 0.1) is 18.2 Å². The average molecular weight is 201 g/mol. The van der Waals surface area contributed by atoms with Gasteiger partial charge in [0.25, 0.3) is 0 Å². The summed E-state index contributed by atoms with van der Waals surface area (Å²) in [5.74, 6) is 0. The molecule has 1 fully saturated rings. The summed E-state index contributed by atoms with van der Waals surface area (Å²) in [6.07, 6.45) is -0.373. The third kappa shape index (κ3) is 2.36. The van der Waals surface area contributed by atoms with Crippen molar-refractivity contribution in [3.63, 3.8) is 0 Å². The van der Waals surface area contributed by atoms with Crippen LogP contribution in [0.3, 0.4) is 0 Å². The average Bonchev–Trinajstić information content (AvgIpc) is 2.21. The molecule has 80 valence electrons. The maximum absolute atomic E-state index is 9.73. The van der Waals surface area contributed by atoms with Crippen LogP contribution >= 0.6 is 0 Å². The van der Waals surface area contributed by atoms with Crippen LogP contribution in [0.2, 0.25) is 0 Å².